The molecule has 0 aromatic carbocycles. The number of rotatable bonds is 2. The molecule has 0 bridgehead atoms. The van der Waals surface area contributed by atoms with Gasteiger partial charge in [-0.25, -0.2) is 27.9 Å². The zero-order valence-electron chi connectivity index (χ0n) is 15.7. The van der Waals surface area contributed by atoms with Gasteiger partial charge in [0.2, 0.25) is 5.28 Å². The Labute approximate surface area is 174 Å². The van der Waals surface area contributed by atoms with Gasteiger partial charge in [0.05, 0.1) is 24.4 Å². The number of carbonyl (C=O) groups is 1. The molecule has 1 aliphatic rings. The Morgan fingerprint density at radius 3 is 2.59 bits per heavy atom. The Balaban J connectivity index is 2.25. The van der Waals surface area contributed by atoms with Crippen LogP contribution in [0.1, 0.15) is 27.2 Å². The second-order valence-corrected chi connectivity index (χ2v) is 8.61. The van der Waals surface area contributed by atoms with E-state index in [1.54, 1.807) is 20.8 Å². The summed E-state index contributed by atoms with van der Waals surface area (Å²) in [6.45, 7) is 4.59. The number of fused-ring (bicyclic) bond motifs is 1. The van der Waals surface area contributed by atoms with E-state index < -0.39 is 53.5 Å². The van der Waals surface area contributed by atoms with Crippen molar-refractivity contribution < 1.29 is 22.7 Å². The highest BCUT2D eigenvalue weighted by molar-refractivity contribution is 6.30. The van der Waals surface area contributed by atoms with Crippen molar-refractivity contribution >= 4 is 46.0 Å². The van der Waals surface area contributed by atoms with Crippen molar-refractivity contribution in [3.63, 3.8) is 0 Å². The van der Waals surface area contributed by atoms with E-state index in [4.69, 9.17) is 33.7 Å². The number of alkyl halides is 2. The number of piperidine rings is 1. The van der Waals surface area contributed by atoms with E-state index in [2.05, 4.69) is 15.0 Å². The van der Waals surface area contributed by atoms with Gasteiger partial charge in [-0.2, -0.15) is 4.98 Å². The first-order chi connectivity index (χ1) is 13.3. The third kappa shape index (κ3) is 4.28. The zero-order valence-corrected chi connectivity index (χ0v) is 17.2. The van der Waals surface area contributed by atoms with Gasteiger partial charge in [-0.3, -0.25) is 0 Å². The number of hydrogen-bond acceptors (Lipinski definition) is 6. The molecule has 3 rings (SSSR count). The molecule has 1 aliphatic heterocycles. The summed E-state index contributed by atoms with van der Waals surface area (Å²) in [4.78, 5) is 24.2. The summed E-state index contributed by atoms with van der Waals surface area (Å²) >= 11 is 11.7. The summed E-state index contributed by atoms with van der Waals surface area (Å²) in [5, 5.41) is -0.756. The van der Waals surface area contributed by atoms with Crippen LogP contribution in [0.3, 0.4) is 0 Å². The number of pyridine rings is 1. The van der Waals surface area contributed by atoms with E-state index in [9.17, 15) is 18.0 Å². The molecule has 1 saturated heterocycles. The molecule has 12 heteroatoms. The van der Waals surface area contributed by atoms with E-state index in [1.807, 2.05) is 0 Å². The fourth-order valence-corrected chi connectivity index (χ4v) is 4.02. The van der Waals surface area contributed by atoms with Crippen LogP contribution in [0.25, 0.3) is 10.9 Å². The van der Waals surface area contributed by atoms with Gasteiger partial charge < -0.3 is 15.4 Å². The van der Waals surface area contributed by atoms with Crippen molar-refractivity contribution in [1.82, 2.24) is 15.0 Å². The maximum Gasteiger partial charge on any atom is 0.404 e. The lowest BCUT2D eigenvalue weighted by molar-refractivity contribution is -0.0824. The van der Waals surface area contributed by atoms with Crippen molar-refractivity contribution in [3.05, 3.63) is 22.5 Å². The minimum absolute atomic E-state index is 0.0427. The number of primary amides is 1. The lowest BCUT2D eigenvalue weighted by atomic mass is 9.78. The third-order valence-corrected chi connectivity index (χ3v) is 5.04. The van der Waals surface area contributed by atoms with Gasteiger partial charge in [0, 0.05) is 6.20 Å². The summed E-state index contributed by atoms with van der Waals surface area (Å²) < 4.78 is 48.7. The molecule has 7 nitrogen and oxygen atoms in total. The highest BCUT2D eigenvalue weighted by atomic mass is 35.5. The molecule has 2 N–H and O–H groups in total. The van der Waals surface area contributed by atoms with Gasteiger partial charge in [-0.05, 0) is 17.0 Å². The second-order valence-electron chi connectivity index (χ2n) is 7.92. The largest absolute Gasteiger partial charge is 0.444 e. The van der Waals surface area contributed by atoms with Crippen molar-refractivity contribution in [3.8, 4) is 0 Å². The number of nitrogens with zero attached hydrogens (tertiary/aromatic N) is 4. The fraction of sp³-hybridized carbons (Fsp3) is 0.529. The molecule has 1 fully saturated rings. The average Bonchev–Trinajstić information content (AvgIpc) is 2.54. The van der Waals surface area contributed by atoms with Gasteiger partial charge in [0.25, 0.3) is 5.92 Å². The lowest BCUT2D eigenvalue weighted by Crippen LogP contribution is -2.62. The van der Waals surface area contributed by atoms with Crippen LogP contribution in [-0.2, 0) is 4.74 Å². The standard InChI is InChI=1S/C17H18Cl2F3N5O2/c1-16(2,3)11-8(29-15(23)28)4-17(21,22)6-27(11)13-7-5-24-12(18)9(20)10(7)25-14(19)26-13/h5,8,11H,4,6H2,1-3H3,(H2,23,28). The molecular formula is C17H18Cl2F3N5O2. The monoisotopic (exact) mass is 451 g/mol. The van der Waals surface area contributed by atoms with Gasteiger partial charge in [0.15, 0.2) is 11.0 Å². The number of anilines is 1. The zero-order chi connectivity index (χ0) is 21.7. The quantitative estimate of drug-likeness (QED) is 0.543. The SMILES string of the molecule is CC(C)(C)C1C(OC(N)=O)CC(F)(F)CN1c1nc(Cl)nc2c(F)c(Cl)ncc12. The number of ether oxygens (including phenoxy) is 1. The Morgan fingerprint density at radius 2 is 2.00 bits per heavy atom. The summed E-state index contributed by atoms with van der Waals surface area (Å²) in [6, 6.07) is -0.775. The highest BCUT2D eigenvalue weighted by Gasteiger charge is 2.52. The summed E-state index contributed by atoms with van der Waals surface area (Å²) in [6.07, 6.45) is -1.95. The van der Waals surface area contributed by atoms with Gasteiger partial charge in [-0.15, -0.1) is 0 Å². The number of carbonyl (C=O) groups excluding carboxylic acids is 1. The maximum atomic E-state index is 14.6. The average molecular weight is 452 g/mol. The fourth-order valence-electron chi connectivity index (χ4n) is 3.72. The number of halogens is 5. The van der Waals surface area contributed by atoms with Crippen molar-refractivity contribution in [2.24, 2.45) is 11.1 Å². The predicted octanol–water partition coefficient (Wildman–Crippen LogP) is 4.19. The Kier molecular flexibility index (Phi) is 5.46. The Hall–Kier alpha value is -2.07. The molecule has 29 heavy (non-hydrogen) atoms. The molecule has 2 aromatic rings. The summed E-state index contributed by atoms with van der Waals surface area (Å²) in [5.74, 6) is -4.26. The molecule has 0 spiro atoms. The van der Waals surface area contributed by atoms with Gasteiger partial charge >= 0.3 is 6.09 Å². The normalized spacial score (nSPS) is 22.0. The van der Waals surface area contributed by atoms with Crippen LogP contribution in [0, 0.1) is 11.2 Å². The first kappa shape index (κ1) is 21.6. The van der Waals surface area contributed by atoms with Crippen LogP contribution in [0.5, 0.6) is 0 Å². The molecule has 3 heterocycles. The minimum Gasteiger partial charge on any atom is -0.444 e. The molecule has 0 aliphatic carbocycles. The Bertz CT molecular complexity index is 970. The minimum atomic E-state index is -3.25. The van der Waals surface area contributed by atoms with Crippen molar-refractivity contribution in [2.45, 2.75) is 45.3 Å². The number of hydrogen-bond donors (Lipinski definition) is 1. The predicted molar refractivity (Wildman–Crippen MR) is 102 cm³/mol. The van der Waals surface area contributed by atoms with E-state index in [0.717, 1.165) is 0 Å². The van der Waals surface area contributed by atoms with Crippen LogP contribution in [-0.4, -0.2) is 45.7 Å². The van der Waals surface area contributed by atoms with Crippen LogP contribution in [0.4, 0.5) is 23.8 Å². The molecule has 158 valence electrons. The van der Waals surface area contributed by atoms with Crippen LogP contribution in [0.2, 0.25) is 10.4 Å². The van der Waals surface area contributed by atoms with E-state index in [0.29, 0.717) is 0 Å². The lowest BCUT2D eigenvalue weighted by Gasteiger charge is -2.49. The topological polar surface area (TPSA) is 94.2 Å². The number of amides is 1. The molecule has 0 saturated carbocycles. The molecule has 2 aromatic heterocycles. The Morgan fingerprint density at radius 1 is 1.34 bits per heavy atom. The van der Waals surface area contributed by atoms with Gasteiger partial charge in [0.1, 0.15) is 17.4 Å². The molecular weight excluding hydrogens is 434 g/mol. The van der Waals surface area contributed by atoms with Crippen molar-refractivity contribution in [1.29, 1.82) is 0 Å². The number of nitrogens with two attached hydrogens (primary N) is 1. The molecule has 2 atom stereocenters. The van der Waals surface area contributed by atoms with Crippen LogP contribution >= 0.6 is 23.2 Å². The summed E-state index contributed by atoms with van der Waals surface area (Å²) in [5.41, 5.74) is 4.18. The first-order valence-corrected chi connectivity index (χ1v) is 9.33. The highest BCUT2D eigenvalue weighted by Crippen LogP contribution is 2.43. The molecule has 0 radical (unpaired) electrons. The molecule has 2 unspecified atom stereocenters. The summed E-state index contributed by atoms with van der Waals surface area (Å²) in [7, 11) is 0. The third-order valence-electron chi connectivity index (χ3n) is 4.61. The molecule has 1 amide bonds. The van der Waals surface area contributed by atoms with Crippen LogP contribution < -0.4 is 10.6 Å². The van der Waals surface area contributed by atoms with Gasteiger partial charge in [-0.1, -0.05) is 32.4 Å². The van der Waals surface area contributed by atoms with E-state index in [-0.39, 0.29) is 22.0 Å². The van der Waals surface area contributed by atoms with Crippen LogP contribution in [0.15, 0.2) is 6.20 Å². The van der Waals surface area contributed by atoms with E-state index in [1.165, 1.54) is 11.1 Å². The first-order valence-electron chi connectivity index (χ1n) is 8.58. The maximum absolute atomic E-state index is 14.6. The second kappa shape index (κ2) is 7.32. The van der Waals surface area contributed by atoms with E-state index >= 15 is 0 Å². The number of aromatic nitrogens is 3. The smallest absolute Gasteiger partial charge is 0.404 e. The van der Waals surface area contributed by atoms with Crippen molar-refractivity contribution in [2.75, 3.05) is 11.4 Å².